The molecule has 1 aliphatic rings. The number of hydrogen-bond acceptors (Lipinski definition) is 2. The normalized spacial score (nSPS) is 24.1. The van der Waals surface area contributed by atoms with E-state index in [-0.39, 0.29) is 11.9 Å². The van der Waals surface area contributed by atoms with E-state index >= 15 is 0 Å². The van der Waals surface area contributed by atoms with Gasteiger partial charge in [-0.25, -0.2) is 4.39 Å². The predicted molar refractivity (Wildman–Crippen MR) is 83.7 cm³/mol. The molecule has 2 rings (SSSR count). The summed E-state index contributed by atoms with van der Waals surface area (Å²) in [5.41, 5.74) is 1.79. The lowest BCUT2D eigenvalue weighted by atomic mass is 10.1. The fraction of sp³-hybridized carbons (Fsp3) is 0.647. The highest BCUT2D eigenvalue weighted by molar-refractivity contribution is 5.52. The average Bonchev–Trinajstić information content (AvgIpc) is 2.80. The molecule has 1 aromatic carbocycles. The summed E-state index contributed by atoms with van der Waals surface area (Å²) in [5, 5.41) is 3.33. The van der Waals surface area contributed by atoms with E-state index in [9.17, 15) is 4.39 Å². The Labute approximate surface area is 122 Å². The van der Waals surface area contributed by atoms with Crippen LogP contribution < -0.4 is 10.2 Å². The molecule has 1 saturated heterocycles. The third-order valence-corrected chi connectivity index (χ3v) is 4.52. The van der Waals surface area contributed by atoms with Crippen LogP contribution in [-0.4, -0.2) is 18.6 Å². The van der Waals surface area contributed by atoms with E-state index < -0.39 is 0 Å². The minimum absolute atomic E-state index is 0.0838. The van der Waals surface area contributed by atoms with Gasteiger partial charge in [-0.1, -0.05) is 19.9 Å². The number of hydrogen-bond donors (Lipinski definition) is 1. The first-order valence-electron chi connectivity index (χ1n) is 7.89. The van der Waals surface area contributed by atoms with E-state index in [1.165, 1.54) is 6.42 Å². The van der Waals surface area contributed by atoms with Gasteiger partial charge in [-0.3, -0.25) is 0 Å². The first-order chi connectivity index (χ1) is 9.58. The van der Waals surface area contributed by atoms with Gasteiger partial charge in [-0.05, 0) is 57.4 Å². The Balaban J connectivity index is 2.25. The standard InChI is InChI=1S/C17H27FN2/c1-5-15-9-7-12(3)20(15)17-10-8-14(11-16(17)18)13(4)19-6-2/h8,10-13,15,19H,5-7,9H2,1-4H3. The van der Waals surface area contributed by atoms with Crippen molar-refractivity contribution in [3.8, 4) is 0 Å². The quantitative estimate of drug-likeness (QED) is 0.865. The second-order valence-electron chi connectivity index (χ2n) is 5.89. The van der Waals surface area contributed by atoms with Gasteiger partial charge in [0, 0.05) is 18.1 Å². The van der Waals surface area contributed by atoms with Gasteiger partial charge >= 0.3 is 0 Å². The van der Waals surface area contributed by atoms with Gasteiger partial charge in [0.25, 0.3) is 0 Å². The molecule has 0 aromatic heterocycles. The molecule has 0 saturated carbocycles. The number of rotatable bonds is 5. The van der Waals surface area contributed by atoms with Crippen LogP contribution >= 0.6 is 0 Å². The molecule has 1 heterocycles. The van der Waals surface area contributed by atoms with Crippen LogP contribution in [0.5, 0.6) is 0 Å². The van der Waals surface area contributed by atoms with E-state index in [2.05, 4.69) is 44.0 Å². The number of nitrogens with zero attached hydrogens (tertiary/aromatic N) is 1. The maximum atomic E-state index is 14.5. The molecule has 0 amide bonds. The highest BCUT2D eigenvalue weighted by Crippen LogP contribution is 2.34. The van der Waals surface area contributed by atoms with Crippen LogP contribution in [0.3, 0.4) is 0 Å². The second-order valence-corrected chi connectivity index (χ2v) is 5.89. The molecular weight excluding hydrogens is 251 g/mol. The SMILES string of the molecule is CCNC(C)c1ccc(N2C(C)CCC2CC)c(F)c1. The van der Waals surface area contributed by atoms with E-state index in [1.54, 1.807) is 6.07 Å². The fourth-order valence-electron chi connectivity index (χ4n) is 3.33. The summed E-state index contributed by atoms with van der Waals surface area (Å²) in [6.07, 6.45) is 3.42. The van der Waals surface area contributed by atoms with E-state index in [1.807, 2.05) is 6.07 Å². The lowest BCUT2D eigenvalue weighted by molar-refractivity contribution is 0.567. The summed E-state index contributed by atoms with van der Waals surface area (Å²) in [7, 11) is 0. The summed E-state index contributed by atoms with van der Waals surface area (Å²) < 4.78 is 14.5. The Morgan fingerprint density at radius 1 is 1.35 bits per heavy atom. The molecule has 112 valence electrons. The van der Waals surface area contributed by atoms with Crippen molar-refractivity contribution in [2.24, 2.45) is 0 Å². The van der Waals surface area contributed by atoms with Gasteiger partial charge < -0.3 is 10.2 Å². The molecule has 2 nitrogen and oxygen atoms in total. The van der Waals surface area contributed by atoms with E-state index in [4.69, 9.17) is 0 Å². The van der Waals surface area contributed by atoms with Gasteiger partial charge in [-0.15, -0.1) is 0 Å². The third kappa shape index (κ3) is 2.98. The summed E-state index contributed by atoms with van der Waals surface area (Å²) >= 11 is 0. The molecule has 1 aromatic rings. The van der Waals surface area contributed by atoms with Crippen molar-refractivity contribution in [2.75, 3.05) is 11.4 Å². The van der Waals surface area contributed by atoms with Crippen LogP contribution in [0.25, 0.3) is 0 Å². The van der Waals surface area contributed by atoms with Crippen molar-refractivity contribution in [3.63, 3.8) is 0 Å². The van der Waals surface area contributed by atoms with Crippen LogP contribution in [0.15, 0.2) is 18.2 Å². The Bertz CT molecular complexity index is 447. The van der Waals surface area contributed by atoms with Crippen molar-refractivity contribution < 1.29 is 4.39 Å². The zero-order valence-corrected chi connectivity index (χ0v) is 13.1. The average molecular weight is 278 g/mol. The number of benzene rings is 1. The van der Waals surface area contributed by atoms with Crippen LogP contribution in [0.2, 0.25) is 0 Å². The Morgan fingerprint density at radius 3 is 2.70 bits per heavy atom. The summed E-state index contributed by atoms with van der Waals surface area (Å²) in [5.74, 6) is -0.0838. The van der Waals surface area contributed by atoms with Crippen molar-refractivity contribution in [3.05, 3.63) is 29.6 Å². The summed E-state index contributed by atoms with van der Waals surface area (Å²) in [6.45, 7) is 9.43. The van der Waals surface area contributed by atoms with Crippen LogP contribution in [0.4, 0.5) is 10.1 Å². The van der Waals surface area contributed by atoms with Gasteiger partial charge in [0.2, 0.25) is 0 Å². The fourth-order valence-corrected chi connectivity index (χ4v) is 3.33. The molecule has 3 atom stereocenters. The Hall–Kier alpha value is -1.09. The summed E-state index contributed by atoms with van der Waals surface area (Å²) in [6, 6.07) is 6.83. The van der Waals surface area contributed by atoms with E-state index in [0.29, 0.717) is 12.1 Å². The third-order valence-electron chi connectivity index (χ3n) is 4.52. The van der Waals surface area contributed by atoms with Crippen molar-refractivity contribution in [2.45, 2.75) is 65.1 Å². The topological polar surface area (TPSA) is 15.3 Å². The van der Waals surface area contributed by atoms with Crippen molar-refractivity contribution in [1.29, 1.82) is 0 Å². The van der Waals surface area contributed by atoms with Crippen LogP contribution in [-0.2, 0) is 0 Å². The summed E-state index contributed by atoms with van der Waals surface area (Å²) in [4.78, 5) is 2.27. The van der Waals surface area contributed by atoms with Gasteiger partial charge in [0.15, 0.2) is 0 Å². The minimum Gasteiger partial charge on any atom is -0.363 e. The minimum atomic E-state index is -0.0838. The number of halogens is 1. The highest BCUT2D eigenvalue weighted by atomic mass is 19.1. The second kappa shape index (κ2) is 6.57. The lowest BCUT2D eigenvalue weighted by Gasteiger charge is -2.31. The van der Waals surface area contributed by atoms with Crippen molar-refractivity contribution >= 4 is 5.69 Å². The molecule has 1 fully saturated rings. The maximum Gasteiger partial charge on any atom is 0.146 e. The number of nitrogens with one attached hydrogen (secondary N) is 1. The van der Waals surface area contributed by atoms with Gasteiger partial charge in [-0.2, -0.15) is 0 Å². The molecule has 0 aliphatic carbocycles. The van der Waals surface area contributed by atoms with Crippen LogP contribution in [0, 0.1) is 5.82 Å². The Morgan fingerprint density at radius 2 is 2.10 bits per heavy atom. The molecule has 0 bridgehead atoms. The molecule has 0 spiro atoms. The molecule has 1 aliphatic heterocycles. The molecule has 1 N–H and O–H groups in total. The number of anilines is 1. The first-order valence-corrected chi connectivity index (χ1v) is 7.89. The van der Waals surface area contributed by atoms with Crippen LogP contribution in [0.1, 0.15) is 58.6 Å². The first kappa shape index (κ1) is 15.3. The lowest BCUT2D eigenvalue weighted by Crippen LogP contribution is -2.34. The van der Waals surface area contributed by atoms with Crippen molar-refractivity contribution in [1.82, 2.24) is 5.32 Å². The Kier molecular flexibility index (Phi) is 5.03. The molecular formula is C17H27FN2. The molecule has 20 heavy (non-hydrogen) atoms. The van der Waals surface area contributed by atoms with Gasteiger partial charge in [0.1, 0.15) is 5.82 Å². The predicted octanol–water partition coefficient (Wildman–Crippen LogP) is 4.26. The largest absolute Gasteiger partial charge is 0.363 e. The smallest absolute Gasteiger partial charge is 0.146 e. The zero-order valence-electron chi connectivity index (χ0n) is 13.1. The monoisotopic (exact) mass is 278 g/mol. The highest BCUT2D eigenvalue weighted by Gasteiger charge is 2.31. The maximum absolute atomic E-state index is 14.5. The molecule has 0 radical (unpaired) electrons. The van der Waals surface area contributed by atoms with E-state index in [0.717, 1.165) is 30.6 Å². The van der Waals surface area contributed by atoms with Gasteiger partial charge in [0.05, 0.1) is 5.69 Å². The zero-order chi connectivity index (χ0) is 14.7. The molecule has 3 heteroatoms. The molecule has 3 unspecified atom stereocenters.